The first-order valence-electron chi connectivity index (χ1n) is 8.52. The number of rotatable bonds is 6. The number of hydrogen-bond donors (Lipinski definition) is 2. The summed E-state index contributed by atoms with van der Waals surface area (Å²) < 4.78 is 5.09. The molecule has 1 unspecified atom stereocenters. The van der Waals surface area contributed by atoms with Crippen LogP contribution in [-0.2, 0) is 9.59 Å². The number of nitrogens with zero attached hydrogens (tertiary/aromatic N) is 2. The van der Waals surface area contributed by atoms with Gasteiger partial charge < -0.3 is 15.4 Å². The number of ether oxygens (including phenoxy) is 1. The molecule has 2 aromatic rings. The molecule has 2 aromatic carbocycles. The van der Waals surface area contributed by atoms with E-state index in [1.54, 1.807) is 25.5 Å². The summed E-state index contributed by atoms with van der Waals surface area (Å²) in [6, 6.07) is 10.1. The lowest BCUT2D eigenvalue weighted by molar-refractivity contribution is -0.122. The molecule has 1 saturated heterocycles. The average molecular weight is 486 g/mol. The number of anilines is 1. The third-order valence-corrected chi connectivity index (χ3v) is 6.01. The minimum Gasteiger partial charge on any atom is -0.497 e. The predicted octanol–water partition coefficient (Wildman–Crippen LogP) is 4.61. The summed E-state index contributed by atoms with van der Waals surface area (Å²) in [5.41, 5.74) is 1.14. The van der Waals surface area contributed by atoms with Crippen molar-refractivity contribution in [2.24, 2.45) is 10.2 Å². The Balaban J connectivity index is 1.57. The first-order valence-corrected chi connectivity index (χ1v) is 10.5. The molecule has 0 bridgehead atoms. The molecule has 0 aliphatic carbocycles. The largest absolute Gasteiger partial charge is 0.497 e. The molecule has 1 fully saturated rings. The lowest BCUT2D eigenvalue weighted by Gasteiger charge is -2.10. The highest BCUT2D eigenvalue weighted by atomic mass is 35.5. The molecule has 1 heterocycles. The van der Waals surface area contributed by atoms with Crippen LogP contribution in [0.4, 0.5) is 5.69 Å². The Morgan fingerprint density at radius 2 is 1.90 bits per heavy atom. The minimum absolute atomic E-state index is 0.0751. The van der Waals surface area contributed by atoms with Crippen molar-refractivity contribution >= 4 is 75.4 Å². The maximum atomic E-state index is 12.3. The molecule has 3 rings (SSSR count). The summed E-state index contributed by atoms with van der Waals surface area (Å²) >= 11 is 19.0. The standard InChI is InChI=1S/C19H15Cl3N4O3S/c1-29-11-4-2-10(3-5-11)9-23-26-19-25-18(28)16(30-19)8-17(27)24-15-7-13(21)12(20)6-14(15)22/h2-7,9,16H,8H2,1H3,(H,24,27)(H,25,26,28)/b23-9+. The van der Waals surface area contributed by atoms with Crippen molar-refractivity contribution in [3.63, 3.8) is 0 Å². The van der Waals surface area contributed by atoms with Gasteiger partial charge in [-0.3, -0.25) is 9.59 Å². The van der Waals surface area contributed by atoms with Crippen LogP contribution in [0.3, 0.4) is 0 Å². The van der Waals surface area contributed by atoms with Gasteiger partial charge in [-0.25, -0.2) is 0 Å². The Labute approximate surface area is 191 Å². The highest BCUT2D eigenvalue weighted by Crippen LogP contribution is 2.32. The molecule has 1 aliphatic heterocycles. The molecule has 2 N–H and O–H groups in total. The van der Waals surface area contributed by atoms with E-state index in [-0.39, 0.29) is 27.4 Å². The van der Waals surface area contributed by atoms with Crippen LogP contribution < -0.4 is 15.4 Å². The second-order valence-corrected chi connectivity index (χ2v) is 8.43. The molecule has 0 saturated carbocycles. The average Bonchev–Trinajstić information content (AvgIpc) is 3.05. The number of halogens is 3. The van der Waals surface area contributed by atoms with Gasteiger partial charge in [0.05, 0.1) is 34.1 Å². The monoisotopic (exact) mass is 484 g/mol. The van der Waals surface area contributed by atoms with Gasteiger partial charge in [0.25, 0.3) is 0 Å². The van der Waals surface area contributed by atoms with Crippen LogP contribution >= 0.6 is 46.6 Å². The van der Waals surface area contributed by atoms with Crippen LogP contribution in [0.25, 0.3) is 0 Å². The molecule has 156 valence electrons. The number of hydrogen-bond acceptors (Lipinski definition) is 6. The Kier molecular flexibility index (Phi) is 7.60. The molecular formula is C19H15Cl3N4O3S. The fourth-order valence-corrected chi connectivity index (χ4v) is 3.93. The number of nitrogens with one attached hydrogen (secondary N) is 2. The fraction of sp³-hybridized carbons (Fsp3) is 0.158. The number of carbonyl (C=O) groups excluding carboxylic acids is 2. The molecular weight excluding hydrogens is 471 g/mol. The van der Waals surface area contributed by atoms with E-state index in [1.165, 1.54) is 12.1 Å². The number of amides is 2. The molecule has 1 aliphatic rings. The number of carbonyl (C=O) groups is 2. The van der Waals surface area contributed by atoms with Gasteiger partial charge in [-0.05, 0) is 42.0 Å². The van der Waals surface area contributed by atoms with Crippen LogP contribution in [-0.4, -0.2) is 35.6 Å². The summed E-state index contributed by atoms with van der Waals surface area (Å²) in [5.74, 6) is 0.0139. The fourth-order valence-electron chi connectivity index (χ4n) is 2.41. The topological polar surface area (TPSA) is 92.2 Å². The van der Waals surface area contributed by atoms with Crippen molar-refractivity contribution in [2.45, 2.75) is 11.7 Å². The maximum Gasteiger partial charge on any atom is 0.240 e. The zero-order valence-corrected chi connectivity index (χ0v) is 18.6. The van der Waals surface area contributed by atoms with Crippen molar-refractivity contribution in [1.29, 1.82) is 0 Å². The number of methoxy groups -OCH3 is 1. The van der Waals surface area contributed by atoms with Crippen LogP contribution in [0, 0.1) is 0 Å². The molecule has 0 spiro atoms. The van der Waals surface area contributed by atoms with Crippen molar-refractivity contribution in [1.82, 2.24) is 5.32 Å². The van der Waals surface area contributed by atoms with Crippen molar-refractivity contribution in [2.75, 3.05) is 12.4 Å². The second-order valence-electron chi connectivity index (χ2n) is 6.02. The quantitative estimate of drug-likeness (QED) is 0.355. The SMILES string of the molecule is COc1ccc(/C=N/N=C2\NC(=O)C(CC(=O)Nc3cc(Cl)c(Cl)cc3Cl)S2)cc1. The zero-order chi connectivity index (χ0) is 21.7. The van der Waals surface area contributed by atoms with Crippen molar-refractivity contribution in [3.05, 3.63) is 57.0 Å². The summed E-state index contributed by atoms with van der Waals surface area (Å²) in [5, 5.41) is 13.6. The Morgan fingerprint density at radius 3 is 2.60 bits per heavy atom. The van der Waals surface area contributed by atoms with Gasteiger partial charge in [0.2, 0.25) is 11.8 Å². The normalized spacial score (nSPS) is 17.4. The van der Waals surface area contributed by atoms with E-state index >= 15 is 0 Å². The summed E-state index contributed by atoms with van der Waals surface area (Å²) in [6.07, 6.45) is 1.47. The molecule has 0 radical (unpaired) electrons. The van der Waals surface area contributed by atoms with Gasteiger partial charge >= 0.3 is 0 Å². The van der Waals surface area contributed by atoms with Crippen LogP contribution in [0.1, 0.15) is 12.0 Å². The van der Waals surface area contributed by atoms with E-state index in [1.807, 2.05) is 12.1 Å². The van der Waals surface area contributed by atoms with Gasteiger partial charge in [0, 0.05) is 6.42 Å². The third kappa shape index (κ3) is 5.89. The van der Waals surface area contributed by atoms with Gasteiger partial charge in [-0.15, -0.1) is 5.10 Å². The third-order valence-electron chi connectivity index (χ3n) is 3.90. The van der Waals surface area contributed by atoms with E-state index < -0.39 is 11.2 Å². The van der Waals surface area contributed by atoms with Gasteiger partial charge in [-0.1, -0.05) is 46.6 Å². The highest BCUT2D eigenvalue weighted by molar-refractivity contribution is 8.15. The smallest absolute Gasteiger partial charge is 0.240 e. The summed E-state index contributed by atoms with van der Waals surface area (Å²) in [4.78, 5) is 24.4. The van der Waals surface area contributed by atoms with E-state index in [2.05, 4.69) is 20.8 Å². The lowest BCUT2D eigenvalue weighted by Crippen LogP contribution is -2.28. The van der Waals surface area contributed by atoms with Crippen molar-refractivity contribution in [3.8, 4) is 5.75 Å². The van der Waals surface area contributed by atoms with Crippen LogP contribution in [0.5, 0.6) is 5.75 Å². The van der Waals surface area contributed by atoms with Crippen LogP contribution in [0.15, 0.2) is 46.6 Å². The zero-order valence-electron chi connectivity index (χ0n) is 15.5. The first kappa shape index (κ1) is 22.4. The number of benzene rings is 2. The van der Waals surface area contributed by atoms with Gasteiger partial charge in [0.1, 0.15) is 11.0 Å². The predicted molar refractivity (Wildman–Crippen MR) is 122 cm³/mol. The molecule has 1 atom stereocenters. The molecule has 7 nitrogen and oxygen atoms in total. The second kappa shape index (κ2) is 10.2. The van der Waals surface area contributed by atoms with Crippen LogP contribution in [0.2, 0.25) is 15.1 Å². The van der Waals surface area contributed by atoms with E-state index in [0.29, 0.717) is 10.9 Å². The molecule has 30 heavy (non-hydrogen) atoms. The Bertz CT molecular complexity index is 1030. The lowest BCUT2D eigenvalue weighted by atomic mass is 10.2. The molecule has 11 heteroatoms. The van der Waals surface area contributed by atoms with Gasteiger partial charge in [0.15, 0.2) is 5.17 Å². The first-order chi connectivity index (χ1) is 14.4. The van der Waals surface area contributed by atoms with Gasteiger partial charge in [-0.2, -0.15) is 5.10 Å². The minimum atomic E-state index is -0.638. The van der Waals surface area contributed by atoms with E-state index in [0.717, 1.165) is 23.1 Å². The summed E-state index contributed by atoms with van der Waals surface area (Å²) in [6.45, 7) is 0. The van der Waals surface area contributed by atoms with Crippen molar-refractivity contribution < 1.29 is 14.3 Å². The van der Waals surface area contributed by atoms with E-state index in [9.17, 15) is 9.59 Å². The molecule has 2 amide bonds. The number of amidine groups is 1. The Hall–Kier alpha value is -2.26. The number of thioether (sulfide) groups is 1. The Morgan fingerprint density at radius 1 is 1.20 bits per heavy atom. The highest BCUT2D eigenvalue weighted by Gasteiger charge is 2.32. The maximum absolute atomic E-state index is 12.3. The van der Waals surface area contributed by atoms with E-state index in [4.69, 9.17) is 39.5 Å². The summed E-state index contributed by atoms with van der Waals surface area (Å²) in [7, 11) is 1.59. The molecule has 0 aromatic heterocycles.